The third-order valence-electron chi connectivity index (χ3n) is 5.41. The van der Waals surface area contributed by atoms with Crippen LogP contribution in [0.15, 0.2) is 83.9 Å². The number of benzene rings is 3. The smallest absolute Gasteiger partial charge is 0.298 e. The van der Waals surface area contributed by atoms with Crippen LogP contribution >= 0.6 is 35.0 Å². The number of fused-ring (bicyclic) bond motifs is 1. The minimum Gasteiger partial charge on any atom is -0.337 e. The molecule has 1 N–H and O–H groups in total. The quantitative estimate of drug-likeness (QED) is 0.292. The summed E-state index contributed by atoms with van der Waals surface area (Å²) in [5.41, 5.74) is 2.63. The lowest BCUT2D eigenvalue weighted by atomic mass is 10.1. The summed E-state index contributed by atoms with van der Waals surface area (Å²) in [6.45, 7) is 0.0704. The summed E-state index contributed by atoms with van der Waals surface area (Å²) in [4.78, 5) is 39.8. The van der Waals surface area contributed by atoms with Gasteiger partial charge in [0.25, 0.3) is 11.1 Å². The molecule has 1 fully saturated rings. The van der Waals surface area contributed by atoms with E-state index in [9.17, 15) is 14.4 Å². The predicted molar refractivity (Wildman–Crippen MR) is 142 cm³/mol. The van der Waals surface area contributed by atoms with Crippen molar-refractivity contribution < 1.29 is 14.4 Å². The van der Waals surface area contributed by atoms with Crippen LogP contribution in [0.4, 0.5) is 16.2 Å². The average Bonchev–Trinajstić information content (AvgIpc) is 3.31. The number of imide groups is 1. The zero-order chi connectivity index (χ0) is 24.5. The molecule has 0 aliphatic carbocycles. The first kappa shape index (κ1) is 23.2. The molecule has 1 aliphatic rings. The Kier molecular flexibility index (Phi) is 6.38. The standard InChI is InChI=1S/C26H17Cl2N3O3S/c27-17-8-10-19(11-9-17)29-24(32)15-30-14-16(21-6-1-2-7-22(21)30)12-23-25(33)31(26(34)35-23)20-5-3-4-18(28)13-20/h1-14H,15H2,(H,29,32)/b23-12+. The largest absolute Gasteiger partial charge is 0.337 e. The van der Waals surface area contributed by atoms with E-state index in [0.29, 0.717) is 26.3 Å². The fourth-order valence-corrected chi connectivity index (χ4v) is 5.00. The third-order valence-corrected chi connectivity index (χ3v) is 6.76. The van der Waals surface area contributed by atoms with E-state index < -0.39 is 11.1 Å². The Balaban J connectivity index is 1.43. The van der Waals surface area contributed by atoms with Gasteiger partial charge in [-0.2, -0.15) is 0 Å². The van der Waals surface area contributed by atoms with Gasteiger partial charge in [-0.25, -0.2) is 4.90 Å². The Morgan fingerprint density at radius 2 is 1.71 bits per heavy atom. The zero-order valence-electron chi connectivity index (χ0n) is 18.1. The molecule has 6 nitrogen and oxygen atoms in total. The topological polar surface area (TPSA) is 71.4 Å². The SMILES string of the molecule is O=C(Cn1cc(/C=C2/SC(=O)N(c3cccc(Cl)c3)C2=O)c2ccccc21)Nc1ccc(Cl)cc1. The van der Waals surface area contributed by atoms with E-state index in [1.165, 1.54) is 0 Å². The number of thioether (sulfide) groups is 1. The Morgan fingerprint density at radius 3 is 2.49 bits per heavy atom. The molecule has 4 aromatic rings. The van der Waals surface area contributed by atoms with E-state index in [1.54, 1.807) is 60.8 Å². The molecular weight excluding hydrogens is 505 g/mol. The summed E-state index contributed by atoms with van der Waals surface area (Å²) >= 11 is 12.8. The fraction of sp³-hybridized carbons (Fsp3) is 0.0385. The van der Waals surface area contributed by atoms with E-state index in [0.717, 1.165) is 33.1 Å². The second kappa shape index (κ2) is 9.62. The molecule has 35 heavy (non-hydrogen) atoms. The van der Waals surface area contributed by atoms with E-state index >= 15 is 0 Å². The number of rotatable bonds is 5. The number of para-hydroxylation sites is 1. The van der Waals surface area contributed by atoms with Crippen molar-refractivity contribution in [2.24, 2.45) is 0 Å². The molecule has 174 valence electrons. The predicted octanol–water partition coefficient (Wildman–Crippen LogP) is 6.83. The van der Waals surface area contributed by atoms with Gasteiger partial charge in [-0.3, -0.25) is 14.4 Å². The molecule has 0 radical (unpaired) electrons. The second-order valence-electron chi connectivity index (χ2n) is 7.78. The van der Waals surface area contributed by atoms with Crippen LogP contribution in [0.2, 0.25) is 10.0 Å². The molecule has 0 saturated carbocycles. The van der Waals surface area contributed by atoms with Gasteiger partial charge >= 0.3 is 0 Å². The van der Waals surface area contributed by atoms with Gasteiger partial charge in [0, 0.05) is 38.4 Å². The van der Waals surface area contributed by atoms with Gasteiger partial charge < -0.3 is 9.88 Å². The van der Waals surface area contributed by atoms with Crippen LogP contribution in [-0.2, 0) is 16.1 Å². The van der Waals surface area contributed by atoms with Crippen LogP contribution in [0.25, 0.3) is 17.0 Å². The maximum Gasteiger partial charge on any atom is 0.298 e. The Labute approximate surface area is 215 Å². The lowest BCUT2D eigenvalue weighted by Gasteiger charge is -2.12. The van der Waals surface area contributed by atoms with Crippen molar-refractivity contribution in [2.45, 2.75) is 6.54 Å². The summed E-state index contributed by atoms with van der Waals surface area (Å²) in [7, 11) is 0. The molecule has 0 spiro atoms. The summed E-state index contributed by atoms with van der Waals surface area (Å²) in [5, 5.41) is 4.34. The number of anilines is 2. The Hall–Kier alpha value is -3.52. The first-order valence-electron chi connectivity index (χ1n) is 10.6. The molecule has 3 amide bonds. The van der Waals surface area contributed by atoms with Crippen molar-refractivity contribution in [3.63, 3.8) is 0 Å². The number of aromatic nitrogens is 1. The number of amides is 3. The number of hydrogen-bond donors (Lipinski definition) is 1. The highest BCUT2D eigenvalue weighted by Gasteiger charge is 2.36. The first-order valence-corrected chi connectivity index (χ1v) is 12.1. The molecule has 0 bridgehead atoms. The Morgan fingerprint density at radius 1 is 0.943 bits per heavy atom. The molecule has 0 atom stereocenters. The molecule has 5 rings (SSSR count). The van der Waals surface area contributed by atoms with Crippen LogP contribution in [0.5, 0.6) is 0 Å². The van der Waals surface area contributed by atoms with E-state index in [2.05, 4.69) is 5.32 Å². The van der Waals surface area contributed by atoms with Crippen molar-refractivity contribution in [1.29, 1.82) is 0 Å². The second-order valence-corrected chi connectivity index (χ2v) is 9.65. The highest BCUT2D eigenvalue weighted by molar-refractivity contribution is 8.19. The summed E-state index contributed by atoms with van der Waals surface area (Å²) in [5.74, 6) is -0.625. The molecule has 2 heterocycles. The average molecular weight is 522 g/mol. The van der Waals surface area contributed by atoms with E-state index in [-0.39, 0.29) is 12.5 Å². The van der Waals surface area contributed by atoms with Crippen molar-refractivity contribution in [1.82, 2.24) is 4.57 Å². The summed E-state index contributed by atoms with van der Waals surface area (Å²) in [6.07, 6.45) is 3.49. The maximum absolute atomic E-state index is 13.1. The maximum atomic E-state index is 13.1. The van der Waals surface area contributed by atoms with E-state index in [1.807, 2.05) is 28.8 Å². The number of hydrogen-bond acceptors (Lipinski definition) is 4. The zero-order valence-corrected chi connectivity index (χ0v) is 20.4. The number of carbonyl (C=O) groups is 3. The molecule has 1 aromatic heterocycles. The normalized spacial score (nSPS) is 14.8. The molecule has 3 aromatic carbocycles. The molecular formula is C26H17Cl2N3O3S. The summed E-state index contributed by atoms with van der Waals surface area (Å²) < 4.78 is 1.81. The van der Waals surface area contributed by atoms with E-state index in [4.69, 9.17) is 23.2 Å². The molecule has 1 saturated heterocycles. The highest BCUT2D eigenvalue weighted by atomic mass is 35.5. The van der Waals surface area contributed by atoms with Gasteiger partial charge in [0.05, 0.1) is 10.6 Å². The van der Waals surface area contributed by atoms with Crippen LogP contribution < -0.4 is 10.2 Å². The van der Waals surface area contributed by atoms with Crippen LogP contribution in [0, 0.1) is 0 Å². The van der Waals surface area contributed by atoms with Crippen molar-refractivity contribution in [3.8, 4) is 0 Å². The monoisotopic (exact) mass is 521 g/mol. The number of halogens is 2. The number of carbonyl (C=O) groups excluding carboxylic acids is 3. The fourth-order valence-electron chi connectivity index (χ4n) is 3.86. The minimum absolute atomic E-state index is 0.0704. The van der Waals surface area contributed by atoms with Gasteiger partial charge in [0.2, 0.25) is 5.91 Å². The Bertz CT molecular complexity index is 1510. The van der Waals surface area contributed by atoms with Gasteiger partial charge in [0.1, 0.15) is 6.54 Å². The van der Waals surface area contributed by atoms with Crippen LogP contribution in [0.3, 0.4) is 0 Å². The number of nitrogens with zero attached hydrogens (tertiary/aromatic N) is 2. The molecule has 9 heteroatoms. The minimum atomic E-state index is -0.417. The van der Waals surface area contributed by atoms with Crippen molar-refractivity contribution in [3.05, 3.63) is 99.5 Å². The number of nitrogens with one attached hydrogen (secondary N) is 1. The summed E-state index contributed by atoms with van der Waals surface area (Å²) in [6, 6.07) is 21.1. The van der Waals surface area contributed by atoms with Crippen LogP contribution in [0.1, 0.15) is 5.56 Å². The molecule has 1 aliphatic heterocycles. The van der Waals surface area contributed by atoms with Gasteiger partial charge in [0.15, 0.2) is 0 Å². The highest BCUT2D eigenvalue weighted by Crippen LogP contribution is 2.37. The third kappa shape index (κ3) is 4.84. The van der Waals surface area contributed by atoms with Gasteiger partial charge in [-0.15, -0.1) is 0 Å². The molecule has 0 unspecified atom stereocenters. The van der Waals surface area contributed by atoms with Crippen molar-refractivity contribution in [2.75, 3.05) is 10.2 Å². The van der Waals surface area contributed by atoms with Gasteiger partial charge in [-0.05, 0) is 66.4 Å². The lowest BCUT2D eigenvalue weighted by molar-refractivity contribution is -0.116. The van der Waals surface area contributed by atoms with Crippen LogP contribution in [-0.4, -0.2) is 21.6 Å². The lowest BCUT2D eigenvalue weighted by Crippen LogP contribution is -2.27. The first-order chi connectivity index (χ1) is 16.9. The van der Waals surface area contributed by atoms with Crippen molar-refractivity contribution >= 4 is 80.4 Å². The van der Waals surface area contributed by atoms with Gasteiger partial charge in [-0.1, -0.05) is 47.5 Å².